The number of hydrogen-bond acceptors (Lipinski definition) is 6. The molecule has 1 aromatic heterocycles. The number of benzene rings is 2. The van der Waals surface area contributed by atoms with E-state index in [9.17, 15) is 0 Å². The lowest BCUT2D eigenvalue weighted by Crippen LogP contribution is -2.33. The van der Waals surface area contributed by atoms with Crippen LogP contribution in [-0.4, -0.2) is 29.4 Å². The third kappa shape index (κ3) is 3.14. The van der Waals surface area contributed by atoms with Crippen molar-refractivity contribution in [1.29, 1.82) is 0 Å². The predicted molar refractivity (Wildman–Crippen MR) is 114 cm³/mol. The van der Waals surface area contributed by atoms with Crippen molar-refractivity contribution in [3.05, 3.63) is 83.7 Å². The molecule has 30 heavy (non-hydrogen) atoms. The predicted octanol–water partition coefficient (Wildman–Crippen LogP) is 4.73. The standard InChI is InChI=1S/C24H23N3O3/c1-3-29-18-11-9-16(10-12-18)24-27-21(14-20(26-27)17-6-5-13-25-15-17)19-7-4-8-22(28-2)23(19)30-24/h4-13,15,21,24H,3,14H2,1-2H3/t21-,24+/m0/s1. The zero-order valence-corrected chi connectivity index (χ0v) is 17.0. The smallest absolute Gasteiger partial charge is 0.214 e. The molecule has 0 unspecified atom stereocenters. The highest BCUT2D eigenvalue weighted by Gasteiger charge is 2.42. The second-order valence-electron chi connectivity index (χ2n) is 7.24. The minimum atomic E-state index is -0.358. The van der Waals surface area contributed by atoms with Crippen LogP contribution in [0.5, 0.6) is 17.2 Å². The topological polar surface area (TPSA) is 56.2 Å². The fourth-order valence-electron chi connectivity index (χ4n) is 4.07. The number of para-hydroxylation sites is 1. The van der Waals surface area contributed by atoms with Gasteiger partial charge < -0.3 is 14.2 Å². The van der Waals surface area contributed by atoms with Crippen molar-refractivity contribution in [3.63, 3.8) is 0 Å². The molecule has 2 aromatic carbocycles. The largest absolute Gasteiger partial charge is 0.494 e. The summed E-state index contributed by atoms with van der Waals surface area (Å²) in [4.78, 5) is 4.26. The van der Waals surface area contributed by atoms with E-state index in [1.165, 1.54) is 0 Å². The Kier molecular flexibility index (Phi) is 4.75. The molecule has 0 aliphatic carbocycles. The molecule has 5 rings (SSSR count). The van der Waals surface area contributed by atoms with Gasteiger partial charge in [0, 0.05) is 35.5 Å². The molecule has 0 spiro atoms. The molecular formula is C24H23N3O3. The van der Waals surface area contributed by atoms with E-state index in [0.29, 0.717) is 6.61 Å². The summed E-state index contributed by atoms with van der Waals surface area (Å²) in [6.07, 6.45) is 4.06. The summed E-state index contributed by atoms with van der Waals surface area (Å²) in [6.45, 7) is 2.61. The second kappa shape index (κ2) is 7.71. The summed E-state index contributed by atoms with van der Waals surface area (Å²) in [5.74, 6) is 2.35. The minimum absolute atomic E-state index is 0.0654. The maximum absolute atomic E-state index is 6.48. The maximum Gasteiger partial charge on any atom is 0.214 e. The van der Waals surface area contributed by atoms with E-state index in [0.717, 1.165) is 46.1 Å². The molecule has 2 aliphatic rings. The molecule has 6 nitrogen and oxygen atoms in total. The maximum atomic E-state index is 6.48. The van der Waals surface area contributed by atoms with Crippen LogP contribution in [0.3, 0.4) is 0 Å². The highest BCUT2D eigenvalue weighted by Crippen LogP contribution is 2.50. The molecule has 3 aromatic rings. The summed E-state index contributed by atoms with van der Waals surface area (Å²) in [5.41, 5.74) is 4.13. The molecule has 152 valence electrons. The molecular weight excluding hydrogens is 378 g/mol. The number of pyridine rings is 1. The van der Waals surface area contributed by atoms with Crippen LogP contribution in [0.2, 0.25) is 0 Å². The average Bonchev–Trinajstić information content (AvgIpc) is 3.25. The van der Waals surface area contributed by atoms with Crippen molar-refractivity contribution in [3.8, 4) is 17.2 Å². The van der Waals surface area contributed by atoms with E-state index < -0.39 is 0 Å². The summed E-state index contributed by atoms with van der Waals surface area (Å²) in [6, 6.07) is 18.1. The molecule has 2 atom stereocenters. The molecule has 2 aliphatic heterocycles. The zero-order valence-electron chi connectivity index (χ0n) is 17.0. The van der Waals surface area contributed by atoms with Crippen LogP contribution in [0.1, 0.15) is 42.3 Å². The zero-order chi connectivity index (χ0) is 20.5. The highest BCUT2D eigenvalue weighted by atomic mass is 16.5. The SMILES string of the molecule is CCOc1ccc([C@H]2Oc3c(OC)cccc3[C@@H]3CC(c4cccnc4)=NN23)cc1. The van der Waals surface area contributed by atoms with Gasteiger partial charge in [0.2, 0.25) is 6.23 Å². The number of rotatable bonds is 5. The Morgan fingerprint density at radius 3 is 2.70 bits per heavy atom. The lowest BCUT2D eigenvalue weighted by molar-refractivity contribution is -0.0209. The average molecular weight is 401 g/mol. The lowest BCUT2D eigenvalue weighted by atomic mass is 9.96. The number of fused-ring (bicyclic) bond motifs is 3. The first-order valence-corrected chi connectivity index (χ1v) is 10.1. The van der Waals surface area contributed by atoms with Gasteiger partial charge in [-0.1, -0.05) is 18.2 Å². The van der Waals surface area contributed by atoms with Crippen molar-refractivity contribution in [2.75, 3.05) is 13.7 Å². The van der Waals surface area contributed by atoms with Gasteiger partial charge in [0.15, 0.2) is 11.5 Å². The Bertz CT molecular complexity index is 1070. The number of methoxy groups -OCH3 is 1. The van der Waals surface area contributed by atoms with Crippen molar-refractivity contribution in [1.82, 2.24) is 9.99 Å². The summed E-state index contributed by atoms with van der Waals surface area (Å²) in [7, 11) is 1.67. The first-order chi connectivity index (χ1) is 14.8. The quantitative estimate of drug-likeness (QED) is 0.619. The van der Waals surface area contributed by atoms with Crippen molar-refractivity contribution >= 4 is 5.71 Å². The van der Waals surface area contributed by atoms with Crippen LogP contribution < -0.4 is 14.2 Å². The third-order valence-electron chi connectivity index (χ3n) is 5.47. The van der Waals surface area contributed by atoms with Gasteiger partial charge >= 0.3 is 0 Å². The molecule has 0 radical (unpaired) electrons. The van der Waals surface area contributed by atoms with Gasteiger partial charge in [0.05, 0.1) is 25.5 Å². The van der Waals surface area contributed by atoms with Crippen LogP contribution >= 0.6 is 0 Å². The van der Waals surface area contributed by atoms with Crippen LogP contribution in [0.25, 0.3) is 0 Å². The molecule has 0 saturated heterocycles. The normalized spacial score (nSPS) is 19.4. The molecule has 0 amide bonds. The van der Waals surface area contributed by atoms with Crippen LogP contribution in [-0.2, 0) is 0 Å². The Labute approximate surface area is 175 Å². The van der Waals surface area contributed by atoms with E-state index in [4.69, 9.17) is 19.3 Å². The van der Waals surface area contributed by atoms with Gasteiger partial charge in [0.1, 0.15) is 5.75 Å². The number of aromatic nitrogens is 1. The third-order valence-corrected chi connectivity index (χ3v) is 5.47. The van der Waals surface area contributed by atoms with E-state index >= 15 is 0 Å². The van der Waals surface area contributed by atoms with E-state index in [2.05, 4.69) is 16.1 Å². The first kappa shape index (κ1) is 18.5. The van der Waals surface area contributed by atoms with Gasteiger partial charge in [-0.2, -0.15) is 5.10 Å². The molecule has 0 fully saturated rings. The fourth-order valence-corrected chi connectivity index (χ4v) is 4.07. The monoisotopic (exact) mass is 401 g/mol. The van der Waals surface area contributed by atoms with Crippen molar-refractivity contribution in [2.24, 2.45) is 5.10 Å². The highest BCUT2D eigenvalue weighted by molar-refractivity contribution is 6.01. The Balaban J connectivity index is 1.58. The van der Waals surface area contributed by atoms with Crippen LogP contribution in [0.15, 0.2) is 72.1 Å². The number of ether oxygens (including phenoxy) is 3. The van der Waals surface area contributed by atoms with Crippen LogP contribution in [0, 0.1) is 0 Å². The minimum Gasteiger partial charge on any atom is -0.494 e. The Morgan fingerprint density at radius 1 is 1.10 bits per heavy atom. The Hall–Kier alpha value is -3.54. The lowest BCUT2D eigenvalue weighted by Gasteiger charge is -2.38. The Morgan fingerprint density at radius 2 is 1.97 bits per heavy atom. The molecule has 0 bridgehead atoms. The van der Waals surface area contributed by atoms with Gasteiger partial charge in [-0.25, -0.2) is 5.01 Å². The van der Waals surface area contributed by atoms with Gasteiger partial charge in [-0.05, 0) is 43.3 Å². The van der Waals surface area contributed by atoms with Gasteiger partial charge in [-0.3, -0.25) is 4.98 Å². The van der Waals surface area contributed by atoms with Crippen molar-refractivity contribution < 1.29 is 14.2 Å². The second-order valence-corrected chi connectivity index (χ2v) is 7.24. The van der Waals surface area contributed by atoms with E-state index in [-0.39, 0.29) is 12.3 Å². The van der Waals surface area contributed by atoms with E-state index in [1.807, 2.05) is 61.7 Å². The van der Waals surface area contributed by atoms with E-state index in [1.54, 1.807) is 13.3 Å². The number of hydrazone groups is 1. The number of nitrogens with zero attached hydrogens (tertiary/aromatic N) is 3. The van der Waals surface area contributed by atoms with Gasteiger partial charge in [-0.15, -0.1) is 0 Å². The number of hydrogen-bond donors (Lipinski definition) is 0. The summed E-state index contributed by atoms with van der Waals surface area (Å²) < 4.78 is 17.7. The first-order valence-electron chi connectivity index (χ1n) is 10.1. The fraction of sp³-hybridized carbons (Fsp3) is 0.250. The van der Waals surface area contributed by atoms with Gasteiger partial charge in [0.25, 0.3) is 0 Å². The summed E-state index contributed by atoms with van der Waals surface area (Å²) >= 11 is 0. The molecule has 0 N–H and O–H groups in total. The summed E-state index contributed by atoms with van der Waals surface area (Å²) in [5, 5.41) is 7.02. The molecule has 6 heteroatoms. The molecule has 3 heterocycles. The van der Waals surface area contributed by atoms with Crippen LogP contribution in [0.4, 0.5) is 0 Å². The van der Waals surface area contributed by atoms with Crippen molar-refractivity contribution in [2.45, 2.75) is 25.6 Å². The molecule has 0 saturated carbocycles.